The fourth-order valence-electron chi connectivity index (χ4n) is 4.35. The van der Waals surface area contributed by atoms with Gasteiger partial charge in [-0.1, -0.05) is 6.07 Å². The molecule has 1 aromatic carbocycles. The van der Waals surface area contributed by atoms with Crippen LogP contribution >= 0.6 is 0 Å². The molecule has 12 heteroatoms. The van der Waals surface area contributed by atoms with Gasteiger partial charge in [-0.3, -0.25) is 9.67 Å². The molecule has 0 radical (unpaired) electrons. The second kappa shape index (κ2) is 8.82. The predicted octanol–water partition coefficient (Wildman–Crippen LogP) is 4.09. The lowest BCUT2D eigenvalue weighted by Crippen LogP contribution is -2.52. The molecule has 1 aliphatic heterocycles. The van der Waals surface area contributed by atoms with Gasteiger partial charge in [0, 0.05) is 42.0 Å². The summed E-state index contributed by atoms with van der Waals surface area (Å²) in [5.74, 6) is 0.317. The first-order chi connectivity index (χ1) is 18.1. The van der Waals surface area contributed by atoms with Crippen LogP contribution in [0, 0.1) is 6.92 Å². The summed E-state index contributed by atoms with van der Waals surface area (Å²) < 4.78 is 24.2. The second-order valence-electron chi connectivity index (χ2n) is 10.5. The van der Waals surface area contributed by atoms with E-state index in [1.807, 2.05) is 37.7 Å². The highest BCUT2D eigenvalue weighted by atomic mass is 19.1. The number of nitrogens with zero attached hydrogens (tertiary/aromatic N) is 9. The van der Waals surface area contributed by atoms with Gasteiger partial charge in [0.05, 0.1) is 29.6 Å². The summed E-state index contributed by atoms with van der Waals surface area (Å²) in [4.78, 5) is 22.6. The molecule has 194 valence electrons. The molecule has 1 amide bonds. The zero-order valence-electron chi connectivity index (χ0n) is 21.4. The minimum Gasteiger partial charge on any atom is -0.444 e. The molecular formula is C26H26FN9O2. The number of hydrogen-bond acceptors (Lipinski definition) is 8. The summed E-state index contributed by atoms with van der Waals surface area (Å²) in [6.07, 6.45) is 5.18. The predicted molar refractivity (Wildman–Crippen MR) is 136 cm³/mol. The number of ether oxygens (including phenoxy) is 1. The molecular weight excluding hydrogens is 489 g/mol. The van der Waals surface area contributed by atoms with Crippen molar-refractivity contribution in [2.45, 2.75) is 45.5 Å². The normalized spacial score (nSPS) is 15.1. The van der Waals surface area contributed by atoms with Crippen molar-refractivity contribution in [3.05, 3.63) is 66.1 Å². The molecule has 1 aliphatic rings. The third kappa shape index (κ3) is 4.42. The van der Waals surface area contributed by atoms with Crippen LogP contribution in [0.25, 0.3) is 27.8 Å². The maximum absolute atomic E-state index is 15.6. The molecule has 38 heavy (non-hydrogen) atoms. The lowest BCUT2D eigenvalue weighted by molar-refractivity contribution is -0.000383. The van der Waals surface area contributed by atoms with Gasteiger partial charge >= 0.3 is 6.09 Å². The summed E-state index contributed by atoms with van der Waals surface area (Å²) in [6, 6.07) is 7.27. The summed E-state index contributed by atoms with van der Waals surface area (Å²) in [5, 5.41) is 17.5. The third-order valence-corrected chi connectivity index (χ3v) is 6.32. The van der Waals surface area contributed by atoms with Crippen LogP contribution in [-0.4, -0.2) is 69.2 Å². The first-order valence-corrected chi connectivity index (χ1v) is 12.3. The number of aromatic nitrogens is 8. The number of amides is 1. The molecule has 6 rings (SSSR count). The van der Waals surface area contributed by atoms with E-state index in [-0.39, 0.29) is 23.7 Å². The van der Waals surface area contributed by atoms with Gasteiger partial charge in [-0.2, -0.15) is 14.7 Å². The van der Waals surface area contributed by atoms with Crippen LogP contribution in [0.2, 0.25) is 0 Å². The summed E-state index contributed by atoms with van der Waals surface area (Å²) in [6.45, 7) is 8.40. The standard InChI is InChI=1S/C26H26FN9O2/c1-15-9-29-24-32-31-23(36(24)33-15)22(27)16-5-6-21-17(7-16)8-18(10-28-21)19-11-30-35(12-19)20-13-34(14-20)25(37)38-26(2,3)4/h5-12,20,22H,13-14H2,1-4H3. The Hall–Kier alpha value is -4.48. The molecule has 5 aromatic rings. The molecule has 1 saturated heterocycles. The summed E-state index contributed by atoms with van der Waals surface area (Å²) in [7, 11) is 0. The number of likely N-dealkylation sites (tertiary alicyclic amines) is 1. The smallest absolute Gasteiger partial charge is 0.410 e. The summed E-state index contributed by atoms with van der Waals surface area (Å²) >= 11 is 0. The number of aryl methyl sites for hydroxylation is 1. The van der Waals surface area contributed by atoms with Crippen molar-refractivity contribution in [1.29, 1.82) is 0 Å². The second-order valence-corrected chi connectivity index (χ2v) is 10.5. The van der Waals surface area contributed by atoms with Crippen molar-refractivity contribution < 1.29 is 13.9 Å². The number of fused-ring (bicyclic) bond motifs is 2. The van der Waals surface area contributed by atoms with Crippen LogP contribution < -0.4 is 0 Å². The summed E-state index contributed by atoms with van der Waals surface area (Å²) in [5.41, 5.74) is 3.01. The Kier molecular flexibility index (Phi) is 5.55. The van der Waals surface area contributed by atoms with Gasteiger partial charge < -0.3 is 9.64 Å². The van der Waals surface area contributed by atoms with Gasteiger partial charge in [-0.05, 0) is 51.5 Å². The van der Waals surface area contributed by atoms with Gasteiger partial charge in [0.25, 0.3) is 5.78 Å². The molecule has 1 fully saturated rings. The van der Waals surface area contributed by atoms with Crippen LogP contribution in [0.15, 0.2) is 49.1 Å². The Morgan fingerprint density at radius 2 is 1.89 bits per heavy atom. The number of halogens is 1. The van der Waals surface area contributed by atoms with Crippen molar-refractivity contribution in [1.82, 2.24) is 44.5 Å². The molecule has 0 spiro atoms. The van der Waals surface area contributed by atoms with Gasteiger partial charge in [0.15, 0.2) is 12.0 Å². The largest absolute Gasteiger partial charge is 0.444 e. The molecule has 5 heterocycles. The minimum atomic E-state index is -1.54. The van der Waals surface area contributed by atoms with Crippen LogP contribution in [0.1, 0.15) is 50.1 Å². The van der Waals surface area contributed by atoms with E-state index in [4.69, 9.17) is 4.74 Å². The number of rotatable bonds is 4. The lowest BCUT2D eigenvalue weighted by atomic mass is 10.0. The molecule has 1 atom stereocenters. The topological polar surface area (TPSA) is 116 Å². The Labute approximate surface area is 217 Å². The van der Waals surface area contributed by atoms with E-state index in [1.165, 1.54) is 4.52 Å². The Bertz CT molecular complexity index is 1670. The Balaban J connectivity index is 1.21. The van der Waals surface area contributed by atoms with Crippen LogP contribution in [-0.2, 0) is 4.74 Å². The fraction of sp³-hybridized carbons (Fsp3) is 0.346. The van der Waals surface area contributed by atoms with Gasteiger partial charge in [0.2, 0.25) is 0 Å². The minimum absolute atomic E-state index is 0.0712. The van der Waals surface area contributed by atoms with E-state index in [1.54, 1.807) is 48.6 Å². The zero-order valence-corrected chi connectivity index (χ0v) is 21.4. The van der Waals surface area contributed by atoms with E-state index in [9.17, 15) is 4.79 Å². The quantitative estimate of drug-likeness (QED) is 0.351. The van der Waals surface area contributed by atoms with Crippen molar-refractivity contribution >= 4 is 22.8 Å². The monoisotopic (exact) mass is 515 g/mol. The van der Waals surface area contributed by atoms with E-state index >= 15 is 4.39 Å². The van der Waals surface area contributed by atoms with Crippen molar-refractivity contribution in [2.24, 2.45) is 0 Å². The first kappa shape index (κ1) is 23.9. The molecule has 0 N–H and O–H groups in total. The molecule has 0 saturated carbocycles. The van der Waals surface area contributed by atoms with Crippen molar-refractivity contribution in [2.75, 3.05) is 13.1 Å². The van der Waals surface area contributed by atoms with Gasteiger partial charge in [-0.25, -0.2) is 14.2 Å². The molecule has 4 aromatic heterocycles. The number of benzene rings is 1. The van der Waals surface area contributed by atoms with Gasteiger partial charge in [0.1, 0.15) is 5.60 Å². The zero-order chi connectivity index (χ0) is 26.6. The molecule has 0 bridgehead atoms. The van der Waals surface area contributed by atoms with E-state index < -0.39 is 11.8 Å². The number of hydrogen-bond donors (Lipinski definition) is 0. The highest BCUT2D eigenvalue weighted by molar-refractivity contribution is 5.84. The Morgan fingerprint density at radius 1 is 1.08 bits per heavy atom. The van der Waals surface area contributed by atoms with Crippen LogP contribution in [0.4, 0.5) is 9.18 Å². The molecule has 0 aliphatic carbocycles. The molecule has 11 nitrogen and oxygen atoms in total. The maximum atomic E-state index is 15.6. The maximum Gasteiger partial charge on any atom is 0.410 e. The first-order valence-electron chi connectivity index (χ1n) is 12.3. The Morgan fingerprint density at radius 3 is 2.68 bits per heavy atom. The SMILES string of the molecule is Cc1cnc2nnc(C(F)c3ccc4ncc(-c5cnn(C6CN(C(=O)OC(C)(C)C)C6)c5)cc4c3)n2n1. The third-order valence-electron chi connectivity index (χ3n) is 6.32. The highest BCUT2D eigenvalue weighted by Gasteiger charge is 2.35. The fourth-order valence-corrected chi connectivity index (χ4v) is 4.35. The van der Waals surface area contributed by atoms with E-state index in [0.717, 1.165) is 22.0 Å². The van der Waals surface area contributed by atoms with E-state index in [0.29, 0.717) is 24.3 Å². The average Bonchev–Trinajstić information content (AvgIpc) is 3.48. The average molecular weight is 516 g/mol. The van der Waals surface area contributed by atoms with Gasteiger partial charge in [-0.15, -0.1) is 10.2 Å². The van der Waals surface area contributed by atoms with Crippen molar-refractivity contribution in [3.63, 3.8) is 0 Å². The van der Waals surface area contributed by atoms with Crippen molar-refractivity contribution in [3.8, 4) is 11.1 Å². The van der Waals surface area contributed by atoms with E-state index in [2.05, 4.69) is 30.4 Å². The molecule has 1 unspecified atom stereocenters. The number of pyridine rings is 1. The number of carbonyl (C=O) groups is 1. The number of carbonyl (C=O) groups excluding carboxylic acids is 1. The van der Waals surface area contributed by atoms with Crippen LogP contribution in [0.3, 0.4) is 0 Å². The lowest BCUT2D eigenvalue weighted by Gasteiger charge is -2.39. The highest BCUT2D eigenvalue weighted by Crippen LogP contribution is 2.30. The number of alkyl halides is 1. The van der Waals surface area contributed by atoms with Crippen LogP contribution in [0.5, 0.6) is 0 Å².